The highest BCUT2D eigenvalue weighted by atomic mass is 16.6. The van der Waals surface area contributed by atoms with E-state index in [0.29, 0.717) is 5.52 Å². The smallest absolute Gasteiger partial charge is 0.261 e. The van der Waals surface area contributed by atoms with Gasteiger partial charge in [0.15, 0.2) is 36.0 Å². The lowest BCUT2D eigenvalue weighted by atomic mass is 10.0. The molecule has 0 bridgehead atoms. The third-order valence-electron chi connectivity index (χ3n) is 6.83. The number of nitrogens with one attached hydrogen (secondary N) is 2. The van der Waals surface area contributed by atoms with Crippen LogP contribution in [0.2, 0.25) is 0 Å². The lowest BCUT2D eigenvalue weighted by Crippen LogP contribution is -2.34. The van der Waals surface area contributed by atoms with Crippen molar-refractivity contribution in [2.75, 3.05) is 7.11 Å². The summed E-state index contributed by atoms with van der Waals surface area (Å²) in [4.78, 5) is 79.2. The molecule has 3 N–H and O–H groups in total. The van der Waals surface area contributed by atoms with Gasteiger partial charge in [-0.05, 0) is 18.2 Å². The predicted molar refractivity (Wildman–Crippen MR) is 143 cm³/mol. The molecular formula is C29H20N4O10. The second kappa shape index (κ2) is 10.7. The van der Waals surface area contributed by atoms with Crippen molar-refractivity contribution in [2.45, 2.75) is 24.4 Å². The Balaban J connectivity index is 0.000000157. The molecule has 2 saturated heterocycles. The molecule has 2 aliphatic carbocycles. The van der Waals surface area contributed by atoms with Crippen LogP contribution in [0.5, 0.6) is 11.6 Å². The van der Waals surface area contributed by atoms with Crippen molar-refractivity contribution in [3.8, 4) is 11.6 Å². The SMILES string of the molecule is COc1nc2ccccc2cc1C(=O)NC1=CC(=O)C2OC2C1=O.O=C(NC1=CC(=O)C2OC2C1=O)c1ccncc1O. The monoisotopic (exact) mass is 584 g/mol. The van der Waals surface area contributed by atoms with Gasteiger partial charge in [-0.2, -0.15) is 0 Å². The van der Waals surface area contributed by atoms with Gasteiger partial charge in [0.2, 0.25) is 17.4 Å². The first-order valence-corrected chi connectivity index (χ1v) is 12.8. The molecule has 3 aromatic rings. The number of aromatic hydroxyl groups is 1. The van der Waals surface area contributed by atoms with Crippen LogP contribution in [0.1, 0.15) is 20.7 Å². The van der Waals surface area contributed by atoms with Crippen LogP contribution in [0.25, 0.3) is 10.9 Å². The fourth-order valence-corrected chi connectivity index (χ4v) is 4.52. The molecule has 0 spiro atoms. The number of pyridine rings is 2. The van der Waals surface area contributed by atoms with E-state index in [1.807, 2.05) is 18.2 Å². The van der Waals surface area contributed by atoms with Crippen LogP contribution in [-0.2, 0) is 28.7 Å². The summed E-state index contributed by atoms with van der Waals surface area (Å²) >= 11 is 0. The van der Waals surface area contributed by atoms with E-state index in [4.69, 9.17) is 14.2 Å². The molecule has 14 heteroatoms. The van der Waals surface area contributed by atoms with E-state index in [9.17, 15) is 33.9 Å². The summed E-state index contributed by atoms with van der Waals surface area (Å²) in [5.41, 5.74) is 0.637. The Morgan fingerprint density at radius 3 is 2.00 bits per heavy atom. The Bertz CT molecular complexity index is 1830. The van der Waals surface area contributed by atoms with Crippen LogP contribution >= 0.6 is 0 Å². The fraction of sp³-hybridized carbons (Fsp3) is 0.172. The Kier molecular flexibility index (Phi) is 6.84. The Morgan fingerprint density at radius 1 is 0.837 bits per heavy atom. The maximum atomic E-state index is 12.5. The maximum Gasteiger partial charge on any atom is 0.261 e. The quantitative estimate of drug-likeness (QED) is 0.341. The van der Waals surface area contributed by atoms with Crippen molar-refractivity contribution in [1.29, 1.82) is 0 Å². The molecule has 2 aromatic heterocycles. The van der Waals surface area contributed by atoms with Crippen LogP contribution in [0.3, 0.4) is 0 Å². The number of fused-ring (bicyclic) bond motifs is 3. The topological polar surface area (TPSA) is 207 Å². The predicted octanol–water partition coefficient (Wildman–Crippen LogP) is 0.0964. The van der Waals surface area contributed by atoms with Gasteiger partial charge in [0.25, 0.3) is 11.8 Å². The second-order valence-corrected chi connectivity index (χ2v) is 9.64. The van der Waals surface area contributed by atoms with Crippen LogP contribution in [0, 0.1) is 0 Å². The van der Waals surface area contributed by atoms with Gasteiger partial charge < -0.3 is 30.0 Å². The van der Waals surface area contributed by atoms with Crippen LogP contribution in [0.15, 0.2) is 72.3 Å². The molecule has 2 fully saturated rings. The maximum absolute atomic E-state index is 12.5. The molecule has 43 heavy (non-hydrogen) atoms. The number of ether oxygens (including phenoxy) is 3. The number of ketones is 4. The summed E-state index contributed by atoms with van der Waals surface area (Å²) in [6.07, 6.45) is 1.67. The first-order valence-electron chi connectivity index (χ1n) is 12.8. The Hall–Kier alpha value is -5.60. The molecule has 4 unspecified atom stereocenters. The highest BCUT2D eigenvalue weighted by Crippen LogP contribution is 2.32. The molecular weight excluding hydrogens is 564 g/mol. The van der Waals surface area contributed by atoms with E-state index in [1.165, 1.54) is 19.4 Å². The standard InChI is InChI=1S/C17H12N2O5.C12H8N2O5/c1-23-17-9(6-8-4-2-3-5-10(8)19-17)16(22)18-11-7-12(20)14-15(24-14)13(11)21;15-7-3-6(9(17)11-10(7)19-11)14-12(18)5-1-2-13-4-8(5)16/h2-7,14-15H,1H3,(H,18,22);1-4,10-11,16H,(H,14,18). The number of hydrogen-bond acceptors (Lipinski definition) is 12. The van der Waals surface area contributed by atoms with Crippen LogP contribution in [-0.4, -0.2) is 81.5 Å². The van der Waals surface area contributed by atoms with Crippen molar-refractivity contribution < 1.29 is 48.1 Å². The van der Waals surface area contributed by atoms with Crippen molar-refractivity contribution in [2.24, 2.45) is 0 Å². The summed E-state index contributed by atoms with van der Waals surface area (Å²) < 4.78 is 15.0. The van der Waals surface area contributed by atoms with E-state index in [1.54, 1.807) is 12.1 Å². The molecule has 7 rings (SSSR count). The van der Waals surface area contributed by atoms with Gasteiger partial charge in [0.1, 0.15) is 11.3 Å². The van der Waals surface area contributed by atoms with Crippen molar-refractivity contribution in [1.82, 2.24) is 20.6 Å². The van der Waals surface area contributed by atoms with Crippen molar-refractivity contribution in [3.63, 3.8) is 0 Å². The summed E-state index contributed by atoms with van der Waals surface area (Å²) in [6.45, 7) is 0. The number of carbonyl (C=O) groups excluding carboxylic acids is 6. The first-order chi connectivity index (χ1) is 20.7. The molecule has 2 aliphatic heterocycles. The van der Waals surface area contributed by atoms with E-state index >= 15 is 0 Å². The summed E-state index contributed by atoms with van der Waals surface area (Å²) in [6, 6.07) is 10.2. The summed E-state index contributed by atoms with van der Waals surface area (Å²) in [5, 5.41) is 15.0. The molecule has 0 saturated carbocycles. The zero-order valence-electron chi connectivity index (χ0n) is 22.1. The average Bonchev–Trinajstić information content (AvgIpc) is 3.92. The number of amides is 2. The van der Waals surface area contributed by atoms with Gasteiger partial charge in [-0.25, -0.2) is 4.98 Å². The van der Waals surface area contributed by atoms with E-state index < -0.39 is 47.8 Å². The fourth-order valence-electron chi connectivity index (χ4n) is 4.52. The lowest BCUT2D eigenvalue weighted by Gasteiger charge is -2.12. The van der Waals surface area contributed by atoms with Crippen molar-refractivity contribution >= 4 is 45.9 Å². The second-order valence-electron chi connectivity index (χ2n) is 9.64. The zero-order chi connectivity index (χ0) is 30.4. The number of epoxide rings is 2. The first kappa shape index (κ1) is 27.6. The third kappa shape index (κ3) is 5.27. The van der Waals surface area contributed by atoms with Gasteiger partial charge in [0.05, 0.1) is 35.8 Å². The average molecular weight is 584 g/mol. The van der Waals surface area contributed by atoms with Gasteiger partial charge in [-0.3, -0.25) is 33.8 Å². The number of methoxy groups -OCH3 is 1. The minimum absolute atomic E-state index is 0.0324. The highest BCUT2D eigenvalue weighted by Gasteiger charge is 2.54. The van der Waals surface area contributed by atoms with Crippen LogP contribution < -0.4 is 15.4 Å². The number of rotatable bonds is 5. The largest absolute Gasteiger partial charge is 0.505 e. The molecule has 4 heterocycles. The molecule has 4 aliphatic rings. The molecule has 216 valence electrons. The number of nitrogens with zero attached hydrogens (tertiary/aromatic N) is 2. The van der Waals surface area contributed by atoms with E-state index in [0.717, 1.165) is 23.7 Å². The molecule has 1 aromatic carbocycles. The molecule has 4 atom stereocenters. The van der Waals surface area contributed by atoms with Gasteiger partial charge in [0, 0.05) is 23.7 Å². The lowest BCUT2D eigenvalue weighted by molar-refractivity contribution is -0.119. The summed E-state index contributed by atoms with van der Waals surface area (Å²) in [7, 11) is 1.41. The normalized spacial score (nSPS) is 23.1. The molecule has 14 nitrogen and oxygen atoms in total. The minimum Gasteiger partial charge on any atom is -0.505 e. The van der Waals surface area contributed by atoms with E-state index in [2.05, 4.69) is 20.6 Å². The Morgan fingerprint density at radius 2 is 1.42 bits per heavy atom. The number of benzene rings is 1. The number of aromatic nitrogens is 2. The number of carbonyl (C=O) groups is 6. The Labute approximate surface area is 241 Å². The highest BCUT2D eigenvalue weighted by molar-refractivity contribution is 6.18. The van der Waals surface area contributed by atoms with Gasteiger partial charge >= 0.3 is 0 Å². The number of para-hydroxylation sites is 1. The van der Waals surface area contributed by atoms with Gasteiger partial charge in [-0.1, -0.05) is 18.2 Å². The number of Topliss-reactive ketones (excluding diaryl/α,β-unsaturated/α-hetero) is 2. The molecule has 0 radical (unpaired) electrons. The third-order valence-corrected chi connectivity index (χ3v) is 6.83. The van der Waals surface area contributed by atoms with Crippen LogP contribution in [0.4, 0.5) is 0 Å². The van der Waals surface area contributed by atoms with Crippen molar-refractivity contribution in [3.05, 3.63) is 83.5 Å². The number of hydrogen-bond donors (Lipinski definition) is 3. The zero-order valence-corrected chi connectivity index (χ0v) is 22.1. The molecule has 2 amide bonds. The van der Waals surface area contributed by atoms with E-state index in [-0.39, 0.29) is 45.7 Å². The van der Waals surface area contributed by atoms with Gasteiger partial charge in [-0.15, -0.1) is 0 Å². The minimum atomic E-state index is -0.779. The summed E-state index contributed by atoms with van der Waals surface area (Å²) in [5.74, 6) is -2.94.